The molecule has 0 aliphatic rings. The van der Waals surface area contributed by atoms with Crippen molar-refractivity contribution in [1.82, 2.24) is 9.78 Å². The maximum Gasteiger partial charge on any atom is 0.0659 e. The highest BCUT2D eigenvalue weighted by atomic mass is 35.5. The predicted octanol–water partition coefficient (Wildman–Crippen LogP) is 3.41. The molecule has 0 fully saturated rings. The van der Waals surface area contributed by atoms with E-state index in [-0.39, 0.29) is 0 Å². The maximum atomic E-state index is 5.68. The van der Waals surface area contributed by atoms with Crippen LogP contribution in [0.1, 0.15) is 23.1 Å². The molecule has 1 aromatic heterocycles. The lowest BCUT2D eigenvalue weighted by Crippen LogP contribution is -1.99. The van der Waals surface area contributed by atoms with Crippen LogP contribution < -0.4 is 0 Å². The van der Waals surface area contributed by atoms with Gasteiger partial charge in [-0.3, -0.25) is 4.68 Å². The number of aromatic nitrogens is 2. The van der Waals surface area contributed by atoms with Gasteiger partial charge >= 0.3 is 0 Å². The van der Waals surface area contributed by atoms with E-state index < -0.39 is 0 Å². The molecule has 0 atom stereocenters. The van der Waals surface area contributed by atoms with Gasteiger partial charge in [0, 0.05) is 12.1 Å². The molecule has 2 nitrogen and oxygen atoms in total. The number of rotatable bonds is 5. The van der Waals surface area contributed by atoms with E-state index in [9.17, 15) is 0 Å². The summed E-state index contributed by atoms with van der Waals surface area (Å²) in [7, 11) is 0. The Hall–Kier alpha value is -1.28. The molecular weight excluding hydrogens is 232 g/mol. The third kappa shape index (κ3) is 3.60. The number of halogens is 1. The van der Waals surface area contributed by atoms with Crippen molar-refractivity contribution < 1.29 is 0 Å². The van der Waals surface area contributed by atoms with E-state index in [0.29, 0.717) is 5.88 Å². The van der Waals surface area contributed by atoms with Gasteiger partial charge in [-0.25, -0.2) is 0 Å². The van der Waals surface area contributed by atoms with E-state index in [0.717, 1.165) is 19.4 Å². The number of hydrogen-bond donors (Lipinski definition) is 0. The number of benzene rings is 1. The van der Waals surface area contributed by atoms with Crippen LogP contribution >= 0.6 is 11.6 Å². The van der Waals surface area contributed by atoms with Crippen LogP contribution in [-0.2, 0) is 13.0 Å². The van der Waals surface area contributed by atoms with E-state index >= 15 is 0 Å². The SMILES string of the molecule is Cc1ccc(Cn2cc(CCCCl)cn2)cc1. The highest BCUT2D eigenvalue weighted by Crippen LogP contribution is 2.07. The Morgan fingerprint density at radius 2 is 1.94 bits per heavy atom. The Morgan fingerprint density at radius 3 is 2.65 bits per heavy atom. The minimum Gasteiger partial charge on any atom is -0.268 e. The average Bonchev–Trinajstić information content (AvgIpc) is 2.77. The number of alkyl halides is 1. The van der Waals surface area contributed by atoms with Crippen molar-refractivity contribution in [1.29, 1.82) is 0 Å². The van der Waals surface area contributed by atoms with Crippen LogP contribution in [0.5, 0.6) is 0 Å². The molecule has 1 heterocycles. The van der Waals surface area contributed by atoms with Crippen LogP contribution in [0, 0.1) is 6.92 Å². The first kappa shape index (κ1) is 12.2. The fourth-order valence-corrected chi connectivity index (χ4v) is 1.91. The molecule has 0 aliphatic heterocycles. The summed E-state index contributed by atoms with van der Waals surface area (Å²) < 4.78 is 1.98. The summed E-state index contributed by atoms with van der Waals surface area (Å²) in [5, 5.41) is 4.36. The Labute approximate surface area is 107 Å². The zero-order chi connectivity index (χ0) is 12.1. The normalized spacial score (nSPS) is 10.7. The third-order valence-corrected chi connectivity index (χ3v) is 3.02. The molecule has 3 heteroatoms. The van der Waals surface area contributed by atoms with Gasteiger partial charge in [-0.05, 0) is 30.9 Å². The molecule has 1 aromatic carbocycles. The van der Waals surface area contributed by atoms with Crippen molar-refractivity contribution in [3.63, 3.8) is 0 Å². The fraction of sp³-hybridized carbons (Fsp3) is 0.357. The van der Waals surface area contributed by atoms with Crippen molar-refractivity contribution in [3.8, 4) is 0 Å². The van der Waals surface area contributed by atoms with Crippen molar-refractivity contribution in [2.24, 2.45) is 0 Å². The minimum absolute atomic E-state index is 0.711. The lowest BCUT2D eigenvalue weighted by molar-refractivity contribution is 0.686. The minimum atomic E-state index is 0.711. The van der Waals surface area contributed by atoms with Gasteiger partial charge < -0.3 is 0 Å². The summed E-state index contributed by atoms with van der Waals surface area (Å²) in [6.07, 6.45) is 6.06. The van der Waals surface area contributed by atoms with Gasteiger partial charge in [0.05, 0.1) is 12.7 Å². The molecule has 0 bridgehead atoms. The Balaban J connectivity index is 1.98. The van der Waals surface area contributed by atoms with Gasteiger partial charge in [-0.1, -0.05) is 29.8 Å². The molecule has 2 aromatic rings. The average molecular weight is 249 g/mol. The first-order chi connectivity index (χ1) is 8.28. The van der Waals surface area contributed by atoms with Crippen LogP contribution in [0.2, 0.25) is 0 Å². The fourth-order valence-electron chi connectivity index (χ4n) is 1.77. The van der Waals surface area contributed by atoms with Gasteiger partial charge in [-0.15, -0.1) is 11.6 Å². The molecule has 0 saturated heterocycles. The van der Waals surface area contributed by atoms with E-state index in [1.807, 2.05) is 10.9 Å². The smallest absolute Gasteiger partial charge is 0.0659 e. The lowest BCUT2D eigenvalue weighted by Gasteiger charge is -2.02. The van der Waals surface area contributed by atoms with Crippen molar-refractivity contribution in [3.05, 3.63) is 53.3 Å². The van der Waals surface area contributed by atoms with E-state index in [1.165, 1.54) is 16.7 Å². The van der Waals surface area contributed by atoms with Crippen molar-refractivity contribution in [2.75, 3.05) is 5.88 Å². The molecule has 0 aliphatic carbocycles. The van der Waals surface area contributed by atoms with Gasteiger partial charge in [-0.2, -0.15) is 5.10 Å². The molecule has 90 valence electrons. The molecule has 0 radical (unpaired) electrons. The van der Waals surface area contributed by atoms with Crippen molar-refractivity contribution >= 4 is 11.6 Å². The lowest BCUT2D eigenvalue weighted by atomic mass is 10.1. The summed E-state index contributed by atoms with van der Waals surface area (Å²) >= 11 is 5.68. The van der Waals surface area contributed by atoms with E-state index in [2.05, 4.69) is 42.5 Å². The Bertz CT molecular complexity index is 459. The standard InChI is InChI=1S/C14H17ClN2/c1-12-4-6-13(7-5-12)10-17-11-14(9-16-17)3-2-8-15/h4-7,9,11H,2-3,8,10H2,1H3. The third-order valence-electron chi connectivity index (χ3n) is 2.75. The largest absolute Gasteiger partial charge is 0.268 e. The highest BCUT2D eigenvalue weighted by molar-refractivity contribution is 6.17. The predicted molar refractivity (Wildman–Crippen MR) is 71.5 cm³/mol. The van der Waals surface area contributed by atoms with Gasteiger partial charge in [0.15, 0.2) is 0 Å². The summed E-state index contributed by atoms with van der Waals surface area (Å²) in [6.45, 7) is 2.93. The Morgan fingerprint density at radius 1 is 1.18 bits per heavy atom. The van der Waals surface area contributed by atoms with E-state index in [1.54, 1.807) is 0 Å². The van der Waals surface area contributed by atoms with Gasteiger partial charge in [0.2, 0.25) is 0 Å². The summed E-state index contributed by atoms with van der Waals surface area (Å²) in [6, 6.07) is 8.56. The first-order valence-electron chi connectivity index (χ1n) is 5.91. The van der Waals surface area contributed by atoms with Crippen LogP contribution in [-0.4, -0.2) is 15.7 Å². The molecule has 0 saturated carbocycles. The highest BCUT2D eigenvalue weighted by Gasteiger charge is 1.99. The van der Waals surface area contributed by atoms with Crippen LogP contribution in [0.3, 0.4) is 0 Å². The zero-order valence-electron chi connectivity index (χ0n) is 10.1. The second-order valence-electron chi connectivity index (χ2n) is 4.32. The summed E-state index contributed by atoms with van der Waals surface area (Å²) in [5.41, 5.74) is 3.83. The molecule has 0 spiro atoms. The zero-order valence-corrected chi connectivity index (χ0v) is 10.8. The maximum absolute atomic E-state index is 5.68. The van der Waals surface area contributed by atoms with Crippen LogP contribution in [0.15, 0.2) is 36.7 Å². The van der Waals surface area contributed by atoms with Gasteiger partial charge in [0.1, 0.15) is 0 Å². The number of nitrogens with zero attached hydrogens (tertiary/aromatic N) is 2. The Kier molecular flexibility index (Phi) is 4.21. The monoisotopic (exact) mass is 248 g/mol. The summed E-state index contributed by atoms with van der Waals surface area (Å²) in [5.74, 6) is 0.711. The molecular formula is C14H17ClN2. The number of hydrogen-bond acceptors (Lipinski definition) is 1. The van der Waals surface area contributed by atoms with Gasteiger partial charge in [0.25, 0.3) is 0 Å². The summed E-state index contributed by atoms with van der Waals surface area (Å²) in [4.78, 5) is 0. The first-order valence-corrected chi connectivity index (χ1v) is 6.44. The molecule has 0 unspecified atom stereocenters. The molecule has 2 rings (SSSR count). The van der Waals surface area contributed by atoms with Crippen LogP contribution in [0.4, 0.5) is 0 Å². The van der Waals surface area contributed by atoms with Crippen molar-refractivity contribution in [2.45, 2.75) is 26.3 Å². The second kappa shape index (κ2) is 5.87. The molecule has 0 amide bonds. The second-order valence-corrected chi connectivity index (χ2v) is 4.70. The van der Waals surface area contributed by atoms with Crippen LogP contribution in [0.25, 0.3) is 0 Å². The molecule has 0 N–H and O–H groups in total. The van der Waals surface area contributed by atoms with E-state index in [4.69, 9.17) is 11.6 Å². The number of aryl methyl sites for hydroxylation is 2. The molecule has 17 heavy (non-hydrogen) atoms. The topological polar surface area (TPSA) is 17.8 Å². The quantitative estimate of drug-likeness (QED) is 0.742.